The van der Waals surface area contributed by atoms with Gasteiger partial charge in [0.1, 0.15) is 24.4 Å². The maximum absolute atomic E-state index is 13.4. The molecule has 11 heteroatoms. The van der Waals surface area contributed by atoms with Crippen LogP contribution in [0.5, 0.6) is 0 Å². The minimum absolute atomic E-state index is 0.0810. The van der Waals surface area contributed by atoms with E-state index < -0.39 is 67.4 Å². The normalized spacial score (nSPS) is 19.6. The molecule has 8 unspecified atom stereocenters. The molecule has 1 fully saturated rings. The molecule has 1 rings (SSSR count). The number of aliphatic hydroxyl groups is 5. The molecule has 6 N–H and O–H groups in total. The van der Waals surface area contributed by atoms with Gasteiger partial charge >= 0.3 is 5.97 Å². The van der Waals surface area contributed by atoms with Crippen LogP contribution in [0.3, 0.4) is 0 Å². The number of hydrogen-bond acceptors (Lipinski definition) is 10. The van der Waals surface area contributed by atoms with Crippen molar-refractivity contribution in [3.63, 3.8) is 0 Å². The second-order valence-corrected chi connectivity index (χ2v) is 21.4. The van der Waals surface area contributed by atoms with Crippen molar-refractivity contribution in [3.05, 3.63) is 85.1 Å². The highest BCUT2D eigenvalue weighted by Crippen LogP contribution is 2.26. The van der Waals surface area contributed by atoms with Crippen molar-refractivity contribution in [3.8, 4) is 0 Å². The smallest absolute Gasteiger partial charge is 0.306 e. The first-order chi connectivity index (χ1) is 37.7. The fraction of sp³-hybridized carbons (Fsp3) is 0.758. The maximum atomic E-state index is 13.4. The van der Waals surface area contributed by atoms with E-state index in [9.17, 15) is 35.1 Å². The molecule has 0 aromatic carbocycles. The van der Waals surface area contributed by atoms with Crippen LogP contribution in [0.1, 0.15) is 258 Å². The SMILES string of the molecule is CC/C=C\C/C=C\C/C=C\C/C=C\C/C=C\CCCCCC(=O)OC1C(OCC(NC(=O)C(O)CCCCCCCCCC/C=C/CCCCCCCC)C(O)/C=C/CCCCCCCCCCC)OC(CO)C(O)C1O. The van der Waals surface area contributed by atoms with Gasteiger partial charge < -0.3 is 45.1 Å². The van der Waals surface area contributed by atoms with Crippen LogP contribution in [-0.2, 0) is 23.8 Å². The summed E-state index contributed by atoms with van der Waals surface area (Å²) in [6.07, 6.45) is 59.0. The van der Waals surface area contributed by atoms with Crippen molar-refractivity contribution in [2.45, 2.75) is 307 Å². The number of nitrogens with one attached hydrogen (secondary N) is 1. The summed E-state index contributed by atoms with van der Waals surface area (Å²) in [5.74, 6) is -1.23. The summed E-state index contributed by atoms with van der Waals surface area (Å²) in [4.78, 5) is 26.5. The molecule has 0 aromatic heterocycles. The molecular formula is C66H115NO10. The van der Waals surface area contributed by atoms with Gasteiger partial charge in [-0.25, -0.2) is 0 Å². The van der Waals surface area contributed by atoms with E-state index in [0.29, 0.717) is 12.8 Å². The number of rotatable bonds is 52. The van der Waals surface area contributed by atoms with E-state index in [1.807, 2.05) is 6.08 Å². The van der Waals surface area contributed by atoms with Crippen molar-refractivity contribution in [1.29, 1.82) is 0 Å². The predicted octanol–water partition coefficient (Wildman–Crippen LogP) is 14.9. The van der Waals surface area contributed by atoms with Crippen LogP contribution >= 0.6 is 0 Å². The molecule has 444 valence electrons. The average Bonchev–Trinajstić information content (AvgIpc) is 3.43. The Morgan fingerprint density at radius 2 is 0.935 bits per heavy atom. The Hall–Kier alpha value is -3.16. The summed E-state index contributed by atoms with van der Waals surface area (Å²) in [6.45, 7) is 5.65. The Labute approximate surface area is 470 Å². The highest BCUT2D eigenvalue weighted by atomic mass is 16.7. The standard InChI is InChI=1S/C66H115NO10/c1-4-7-10-13-16-19-22-24-26-28-30-32-34-36-39-42-45-48-51-54-61(71)77-64-63(73)62(72)60(55-68)76-66(64)75-56-57(58(69)52-49-46-43-40-37-21-18-15-12-9-6-3)67-65(74)59(70)53-50-47-44-41-38-35-33-31-29-27-25-23-20-17-14-11-8-5-2/h7,10,16,19,24-27,30,32,36,39,49,52,57-60,62-64,66,68-70,72-73H,4-6,8-9,11-15,17-18,20-23,28-29,31,33-35,37-38,40-48,50-51,53-56H2,1-3H3,(H,67,74)/b10-7-,19-16-,26-24-,27-25+,32-30-,39-36-,52-49+. The van der Waals surface area contributed by atoms with Crippen molar-refractivity contribution < 1.29 is 49.3 Å². The molecular weight excluding hydrogens is 967 g/mol. The monoisotopic (exact) mass is 1080 g/mol. The van der Waals surface area contributed by atoms with Gasteiger partial charge in [0.05, 0.1) is 25.4 Å². The first-order valence-electron chi connectivity index (χ1n) is 31.4. The molecule has 0 aliphatic carbocycles. The largest absolute Gasteiger partial charge is 0.454 e. The van der Waals surface area contributed by atoms with E-state index in [1.54, 1.807) is 6.08 Å². The molecule has 0 saturated carbocycles. The van der Waals surface area contributed by atoms with Gasteiger partial charge in [0, 0.05) is 6.42 Å². The summed E-state index contributed by atoms with van der Waals surface area (Å²) in [5.41, 5.74) is 0. The number of carbonyl (C=O) groups is 2. The van der Waals surface area contributed by atoms with Gasteiger partial charge in [0.25, 0.3) is 0 Å². The number of carbonyl (C=O) groups excluding carboxylic acids is 2. The number of allylic oxidation sites excluding steroid dienone is 13. The van der Waals surface area contributed by atoms with Crippen molar-refractivity contribution in [1.82, 2.24) is 5.32 Å². The van der Waals surface area contributed by atoms with Crippen LogP contribution in [0, 0.1) is 0 Å². The molecule has 77 heavy (non-hydrogen) atoms. The maximum Gasteiger partial charge on any atom is 0.306 e. The Bertz CT molecular complexity index is 1570. The summed E-state index contributed by atoms with van der Waals surface area (Å²) >= 11 is 0. The number of aliphatic hydroxyl groups excluding tert-OH is 5. The topological polar surface area (TPSA) is 175 Å². The van der Waals surface area contributed by atoms with Gasteiger partial charge in [-0.05, 0) is 96.3 Å². The van der Waals surface area contributed by atoms with Gasteiger partial charge in [0.15, 0.2) is 12.4 Å². The number of ether oxygens (including phenoxy) is 3. The third-order valence-corrected chi connectivity index (χ3v) is 14.3. The van der Waals surface area contributed by atoms with Crippen LogP contribution < -0.4 is 5.32 Å². The Kier molecular flexibility index (Phi) is 49.9. The summed E-state index contributed by atoms with van der Waals surface area (Å²) in [6, 6.07) is -1.04. The second-order valence-electron chi connectivity index (χ2n) is 21.4. The number of amides is 1. The highest BCUT2D eigenvalue weighted by molar-refractivity contribution is 5.80. The third-order valence-electron chi connectivity index (χ3n) is 14.3. The minimum atomic E-state index is -1.63. The lowest BCUT2D eigenvalue weighted by Gasteiger charge is -2.41. The molecule has 1 saturated heterocycles. The van der Waals surface area contributed by atoms with E-state index >= 15 is 0 Å². The Balaban J connectivity index is 2.68. The van der Waals surface area contributed by atoms with E-state index in [1.165, 1.54) is 116 Å². The van der Waals surface area contributed by atoms with E-state index in [2.05, 4.69) is 99.0 Å². The molecule has 1 aliphatic rings. The van der Waals surface area contributed by atoms with Crippen molar-refractivity contribution >= 4 is 11.9 Å². The van der Waals surface area contributed by atoms with Gasteiger partial charge in [-0.15, -0.1) is 0 Å². The number of hydrogen-bond donors (Lipinski definition) is 6. The Morgan fingerprint density at radius 3 is 1.42 bits per heavy atom. The quantitative estimate of drug-likeness (QED) is 0.0195. The minimum Gasteiger partial charge on any atom is -0.454 e. The zero-order valence-electron chi connectivity index (χ0n) is 49.1. The highest BCUT2D eigenvalue weighted by Gasteiger charge is 2.47. The summed E-state index contributed by atoms with van der Waals surface area (Å²) in [7, 11) is 0. The second kappa shape index (κ2) is 53.5. The molecule has 0 spiro atoms. The molecule has 1 aliphatic heterocycles. The summed E-state index contributed by atoms with van der Waals surface area (Å²) < 4.78 is 17.6. The van der Waals surface area contributed by atoms with E-state index in [-0.39, 0.29) is 19.4 Å². The first kappa shape index (κ1) is 71.9. The molecule has 1 amide bonds. The molecule has 0 aromatic rings. The van der Waals surface area contributed by atoms with Gasteiger partial charge in [0.2, 0.25) is 5.91 Å². The van der Waals surface area contributed by atoms with Crippen molar-refractivity contribution in [2.24, 2.45) is 0 Å². The Morgan fingerprint density at radius 1 is 0.519 bits per heavy atom. The predicted molar refractivity (Wildman–Crippen MR) is 319 cm³/mol. The fourth-order valence-corrected chi connectivity index (χ4v) is 9.32. The van der Waals surface area contributed by atoms with Crippen LogP contribution in [0.2, 0.25) is 0 Å². The zero-order valence-corrected chi connectivity index (χ0v) is 49.1. The fourth-order valence-electron chi connectivity index (χ4n) is 9.32. The van der Waals surface area contributed by atoms with Crippen molar-refractivity contribution in [2.75, 3.05) is 13.2 Å². The lowest BCUT2D eigenvalue weighted by Crippen LogP contribution is -2.61. The van der Waals surface area contributed by atoms with Gasteiger partial charge in [-0.2, -0.15) is 0 Å². The van der Waals surface area contributed by atoms with E-state index in [4.69, 9.17) is 14.2 Å². The van der Waals surface area contributed by atoms with Crippen LogP contribution in [0.25, 0.3) is 0 Å². The average molecular weight is 1080 g/mol. The molecule has 0 radical (unpaired) electrons. The summed E-state index contributed by atoms with van der Waals surface area (Å²) in [5, 5.41) is 57.0. The molecule has 11 nitrogen and oxygen atoms in total. The number of esters is 1. The van der Waals surface area contributed by atoms with E-state index in [0.717, 1.165) is 96.3 Å². The van der Waals surface area contributed by atoms with Crippen LogP contribution in [0.4, 0.5) is 0 Å². The zero-order chi connectivity index (χ0) is 56.1. The molecule has 0 bridgehead atoms. The van der Waals surface area contributed by atoms with Gasteiger partial charge in [-0.3, -0.25) is 9.59 Å². The molecule has 1 heterocycles. The third kappa shape index (κ3) is 41.5. The first-order valence-corrected chi connectivity index (χ1v) is 31.4. The lowest BCUT2D eigenvalue weighted by atomic mass is 9.99. The number of unbranched alkanes of at least 4 members (excludes halogenated alkanes) is 26. The molecule has 8 atom stereocenters. The van der Waals surface area contributed by atoms with Crippen LogP contribution in [0.15, 0.2) is 85.1 Å². The lowest BCUT2D eigenvalue weighted by molar-refractivity contribution is -0.305. The van der Waals surface area contributed by atoms with Crippen LogP contribution in [-0.4, -0.2) is 99.6 Å². The van der Waals surface area contributed by atoms with Gasteiger partial charge in [-0.1, -0.05) is 241 Å².